The van der Waals surface area contributed by atoms with Crippen molar-refractivity contribution in [2.24, 2.45) is 5.84 Å². The minimum Gasteiger partial charge on any atom is -0.496 e. The van der Waals surface area contributed by atoms with Crippen molar-refractivity contribution in [3.05, 3.63) is 52.4 Å². The Hall–Kier alpha value is -1.30. The first-order chi connectivity index (χ1) is 8.27. The predicted molar refractivity (Wildman–Crippen MR) is 68.6 cm³/mol. The average Bonchev–Trinajstić information content (AvgIpc) is 2.78. The number of halogens is 1. The number of ether oxygens (including phenoxy) is 1. The van der Waals surface area contributed by atoms with Gasteiger partial charge in [0.1, 0.15) is 5.75 Å². The highest BCUT2D eigenvalue weighted by molar-refractivity contribution is 9.10. The van der Waals surface area contributed by atoms with Gasteiger partial charge in [-0.15, -0.1) is 0 Å². The van der Waals surface area contributed by atoms with E-state index in [1.807, 2.05) is 30.3 Å². The van der Waals surface area contributed by atoms with Gasteiger partial charge < -0.3 is 9.15 Å². The Labute approximate surface area is 108 Å². The molecule has 1 atom stereocenters. The highest BCUT2D eigenvalue weighted by Gasteiger charge is 2.20. The van der Waals surface area contributed by atoms with Gasteiger partial charge in [-0.25, -0.2) is 5.43 Å². The first-order valence-electron chi connectivity index (χ1n) is 5.10. The van der Waals surface area contributed by atoms with Crippen LogP contribution in [-0.2, 0) is 0 Å². The minimum absolute atomic E-state index is 0.181. The van der Waals surface area contributed by atoms with Gasteiger partial charge in [0.15, 0.2) is 4.67 Å². The van der Waals surface area contributed by atoms with Gasteiger partial charge in [-0.05, 0) is 28.1 Å². The van der Waals surface area contributed by atoms with Crippen molar-refractivity contribution >= 4 is 15.9 Å². The number of benzene rings is 1. The molecule has 0 saturated carbocycles. The van der Waals surface area contributed by atoms with Crippen LogP contribution in [-0.4, -0.2) is 7.11 Å². The molecule has 90 valence electrons. The van der Waals surface area contributed by atoms with Gasteiger partial charge in [0, 0.05) is 11.1 Å². The highest BCUT2D eigenvalue weighted by atomic mass is 79.9. The molecule has 1 aromatic carbocycles. The molecule has 0 amide bonds. The summed E-state index contributed by atoms with van der Waals surface area (Å²) in [5.41, 5.74) is 4.65. The predicted octanol–water partition coefficient (Wildman–Crippen LogP) is 2.60. The molecule has 0 aliphatic carbocycles. The first-order valence-corrected chi connectivity index (χ1v) is 5.89. The van der Waals surface area contributed by atoms with Crippen LogP contribution in [0.5, 0.6) is 5.75 Å². The summed E-state index contributed by atoms with van der Waals surface area (Å²) in [6.07, 6.45) is 1.61. The van der Waals surface area contributed by atoms with E-state index in [1.165, 1.54) is 0 Å². The zero-order chi connectivity index (χ0) is 12.3. The van der Waals surface area contributed by atoms with Crippen molar-refractivity contribution in [1.82, 2.24) is 5.43 Å². The fraction of sp³-hybridized carbons (Fsp3) is 0.167. The van der Waals surface area contributed by atoms with Gasteiger partial charge >= 0.3 is 0 Å². The second kappa shape index (κ2) is 5.35. The quantitative estimate of drug-likeness (QED) is 0.672. The van der Waals surface area contributed by atoms with E-state index >= 15 is 0 Å². The zero-order valence-corrected chi connectivity index (χ0v) is 10.9. The van der Waals surface area contributed by atoms with E-state index in [2.05, 4.69) is 21.4 Å². The maximum absolute atomic E-state index is 5.62. The van der Waals surface area contributed by atoms with Crippen molar-refractivity contribution in [2.75, 3.05) is 7.11 Å². The van der Waals surface area contributed by atoms with Crippen LogP contribution in [0.3, 0.4) is 0 Å². The van der Waals surface area contributed by atoms with Crippen molar-refractivity contribution < 1.29 is 9.15 Å². The molecule has 3 N–H and O–H groups in total. The number of hydrazine groups is 1. The molecule has 0 spiro atoms. The summed E-state index contributed by atoms with van der Waals surface area (Å²) in [5, 5.41) is 0. The Balaban J connectivity index is 2.46. The number of methoxy groups -OCH3 is 1. The maximum atomic E-state index is 5.62. The topological polar surface area (TPSA) is 60.4 Å². The molecule has 5 heteroatoms. The number of nitrogens with two attached hydrogens (primary N) is 1. The molecule has 1 unspecified atom stereocenters. The van der Waals surface area contributed by atoms with Crippen LogP contribution < -0.4 is 16.0 Å². The zero-order valence-electron chi connectivity index (χ0n) is 9.31. The summed E-state index contributed by atoms with van der Waals surface area (Å²) in [6.45, 7) is 0. The number of rotatable bonds is 4. The van der Waals surface area contributed by atoms with E-state index in [1.54, 1.807) is 13.4 Å². The Morgan fingerprint density at radius 2 is 2.06 bits per heavy atom. The van der Waals surface area contributed by atoms with E-state index in [0.717, 1.165) is 16.9 Å². The lowest BCUT2D eigenvalue weighted by Gasteiger charge is -2.18. The Kier molecular flexibility index (Phi) is 3.83. The van der Waals surface area contributed by atoms with Crippen LogP contribution in [0.4, 0.5) is 0 Å². The summed E-state index contributed by atoms with van der Waals surface area (Å²) in [4.78, 5) is 0. The Morgan fingerprint density at radius 3 is 2.65 bits per heavy atom. The van der Waals surface area contributed by atoms with Crippen molar-refractivity contribution in [3.8, 4) is 5.75 Å². The first kappa shape index (κ1) is 12.2. The second-order valence-corrected chi connectivity index (χ2v) is 4.21. The third-order valence-corrected chi connectivity index (χ3v) is 3.22. The molecule has 1 heterocycles. The SMILES string of the molecule is COc1ccccc1C(NN)c1ccoc1Br. The normalized spacial score (nSPS) is 12.4. The van der Waals surface area contributed by atoms with Crippen LogP contribution in [0.2, 0.25) is 0 Å². The van der Waals surface area contributed by atoms with Crippen molar-refractivity contribution in [1.29, 1.82) is 0 Å². The summed E-state index contributed by atoms with van der Waals surface area (Å²) >= 11 is 3.35. The molecular formula is C12H13BrN2O2. The monoisotopic (exact) mass is 296 g/mol. The standard InChI is InChI=1S/C12H13BrN2O2/c1-16-10-5-3-2-4-8(10)11(15-14)9-6-7-17-12(9)13/h2-7,11,15H,14H2,1H3. The van der Waals surface area contributed by atoms with Gasteiger partial charge in [-0.1, -0.05) is 18.2 Å². The second-order valence-electron chi connectivity index (χ2n) is 3.49. The van der Waals surface area contributed by atoms with E-state index in [9.17, 15) is 0 Å². The molecular weight excluding hydrogens is 284 g/mol. The smallest absolute Gasteiger partial charge is 0.174 e. The van der Waals surface area contributed by atoms with Gasteiger partial charge in [0.2, 0.25) is 0 Å². The van der Waals surface area contributed by atoms with Crippen LogP contribution in [0.1, 0.15) is 17.2 Å². The summed E-state index contributed by atoms with van der Waals surface area (Å²) in [7, 11) is 1.64. The lowest BCUT2D eigenvalue weighted by Crippen LogP contribution is -2.29. The summed E-state index contributed by atoms with van der Waals surface area (Å²) in [5.74, 6) is 6.40. The molecule has 0 aliphatic rings. The fourth-order valence-electron chi connectivity index (χ4n) is 1.76. The molecule has 0 fully saturated rings. The Bertz CT molecular complexity index is 499. The lowest BCUT2D eigenvalue weighted by molar-refractivity contribution is 0.404. The minimum atomic E-state index is -0.181. The molecule has 2 aromatic rings. The number of nitrogens with one attached hydrogen (secondary N) is 1. The van der Waals surface area contributed by atoms with Crippen LogP contribution in [0, 0.1) is 0 Å². The average molecular weight is 297 g/mol. The molecule has 0 saturated heterocycles. The molecule has 0 bridgehead atoms. The largest absolute Gasteiger partial charge is 0.496 e. The summed E-state index contributed by atoms with van der Waals surface area (Å²) in [6, 6.07) is 9.40. The third kappa shape index (κ3) is 2.36. The number of furan rings is 1. The molecule has 0 radical (unpaired) electrons. The summed E-state index contributed by atoms with van der Waals surface area (Å²) < 4.78 is 11.2. The number of para-hydroxylation sites is 1. The Morgan fingerprint density at radius 1 is 1.29 bits per heavy atom. The molecule has 4 nitrogen and oxygen atoms in total. The maximum Gasteiger partial charge on any atom is 0.174 e. The fourth-order valence-corrected chi connectivity index (χ4v) is 2.23. The van der Waals surface area contributed by atoms with Gasteiger partial charge in [-0.2, -0.15) is 0 Å². The van der Waals surface area contributed by atoms with E-state index in [-0.39, 0.29) is 6.04 Å². The van der Waals surface area contributed by atoms with Crippen molar-refractivity contribution in [3.63, 3.8) is 0 Å². The number of hydrogen-bond acceptors (Lipinski definition) is 4. The third-order valence-electron chi connectivity index (χ3n) is 2.57. The van der Waals surface area contributed by atoms with Crippen LogP contribution >= 0.6 is 15.9 Å². The lowest BCUT2D eigenvalue weighted by atomic mass is 10.0. The molecule has 1 aromatic heterocycles. The van der Waals surface area contributed by atoms with Crippen molar-refractivity contribution in [2.45, 2.75) is 6.04 Å². The van der Waals surface area contributed by atoms with Gasteiger partial charge in [0.25, 0.3) is 0 Å². The van der Waals surface area contributed by atoms with Crippen LogP contribution in [0.25, 0.3) is 0 Å². The molecule has 17 heavy (non-hydrogen) atoms. The molecule has 2 rings (SSSR count). The van der Waals surface area contributed by atoms with E-state index < -0.39 is 0 Å². The number of hydrogen-bond donors (Lipinski definition) is 2. The highest BCUT2D eigenvalue weighted by Crippen LogP contribution is 2.33. The van der Waals surface area contributed by atoms with Crippen LogP contribution in [0.15, 0.2) is 45.7 Å². The van der Waals surface area contributed by atoms with E-state index in [0.29, 0.717) is 4.67 Å². The van der Waals surface area contributed by atoms with Gasteiger partial charge in [0.05, 0.1) is 19.4 Å². The molecule has 0 aliphatic heterocycles. The van der Waals surface area contributed by atoms with Gasteiger partial charge in [-0.3, -0.25) is 5.84 Å². The van der Waals surface area contributed by atoms with E-state index in [4.69, 9.17) is 15.0 Å².